The third-order valence-corrected chi connectivity index (χ3v) is 11.8. The maximum atomic E-state index is 2.73. The predicted molar refractivity (Wildman–Crippen MR) is 138 cm³/mol. The summed E-state index contributed by atoms with van der Waals surface area (Å²) in [6.07, 6.45) is 5.26. The average Bonchev–Trinajstić information content (AvgIpc) is 2.60. The van der Waals surface area contributed by atoms with Crippen molar-refractivity contribution in [1.29, 1.82) is 0 Å². The zero-order valence-electron chi connectivity index (χ0n) is 24.1. The molecule has 0 N–H and O–H groups in total. The first-order valence-electron chi connectivity index (χ1n) is 13.2. The SMILES string of the molecule is CCC(C)C(C)C(C)(C(C)(C)C(C)C)C1(CC)CC(C)C1(C)C(C)(C)CC(C)(C)C. The van der Waals surface area contributed by atoms with E-state index in [1.165, 1.54) is 25.7 Å². The molecule has 1 aliphatic rings. The Morgan fingerprint density at radius 3 is 1.63 bits per heavy atom. The smallest absolute Gasteiger partial charge is 0.0174 e. The molecular formula is C30H60. The largest absolute Gasteiger partial charge is 0.0651 e. The molecule has 180 valence electrons. The molecule has 0 aromatic heterocycles. The second-order valence-electron chi connectivity index (χ2n) is 14.6. The molecule has 1 rings (SSSR count). The number of hydrogen-bond acceptors (Lipinski definition) is 0. The highest BCUT2D eigenvalue weighted by molar-refractivity contribution is 5.22. The van der Waals surface area contributed by atoms with Crippen LogP contribution in [0.1, 0.15) is 136 Å². The topological polar surface area (TPSA) is 0 Å². The fourth-order valence-electron chi connectivity index (χ4n) is 8.90. The van der Waals surface area contributed by atoms with Crippen molar-refractivity contribution in [3.8, 4) is 0 Å². The molecule has 0 heteroatoms. The van der Waals surface area contributed by atoms with E-state index in [-0.39, 0.29) is 10.8 Å². The molecule has 0 aliphatic heterocycles. The highest BCUT2D eigenvalue weighted by Crippen LogP contribution is 2.81. The van der Waals surface area contributed by atoms with Crippen LogP contribution in [0.5, 0.6) is 0 Å². The molecule has 0 heterocycles. The number of hydrogen-bond donors (Lipinski definition) is 0. The van der Waals surface area contributed by atoms with Gasteiger partial charge in [-0.15, -0.1) is 0 Å². The summed E-state index contributed by atoms with van der Waals surface area (Å²) in [7, 11) is 0. The molecule has 0 saturated heterocycles. The first-order chi connectivity index (χ1) is 13.2. The minimum atomic E-state index is 0.283. The lowest BCUT2D eigenvalue weighted by atomic mass is 9.25. The van der Waals surface area contributed by atoms with Crippen LogP contribution in [0.3, 0.4) is 0 Å². The van der Waals surface area contributed by atoms with Crippen molar-refractivity contribution in [3.63, 3.8) is 0 Å². The Morgan fingerprint density at radius 2 is 1.33 bits per heavy atom. The Morgan fingerprint density at radius 1 is 0.867 bits per heavy atom. The molecule has 0 radical (unpaired) electrons. The van der Waals surface area contributed by atoms with Crippen LogP contribution < -0.4 is 0 Å². The van der Waals surface area contributed by atoms with E-state index in [1.54, 1.807) is 0 Å². The molecule has 30 heavy (non-hydrogen) atoms. The second kappa shape index (κ2) is 8.41. The van der Waals surface area contributed by atoms with Gasteiger partial charge in [-0.2, -0.15) is 0 Å². The lowest BCUT2D eigenvalue weighted by Gasteiger charge is -2.79. The van der Waals surface area contributed by atoms with E-state index in [1.807, 2.05) is 0 Å². The second-order valence-corrected chi connectivity index (χ2v) is 14.6. The molecule has 6 atom stereocenters. The van der Waals surface area contributed by atoms with Crippen molar-refractivity contribution in [3.05, 3.63) is 0 Å². The normalized spacial score (nSPS) is 32.5. The van der Waals surface area contributed by atoms with E-state index in [4.69, 9.17) is 0 Å². The molecule has 0 aromatic carbocycles. The zero-order valence-corrected chi connectivity index (χ0v) is 24.1. The number of rotatable bonds is 9. The van der Waals surface area contributed by atoms with Crippen molar-refractivity contribution in [2.75, 3.05) is 0 Å². The van der Waals surface area contributed by atoms with Crippen molar-refractivity contribution >= 4 is 0 Å². The molecule has 1 aliphatic carbocycles. The van der Waals surface area contributed by atoms with E-state index in [9.17, 15) is 0 Å². The minimum absolute atomic E-state index is 0.283. The molecule has 1 saturated carbocycles. The summed E-state index contributed by atoms with van der Waals surface area (Å²) in [6, 6.07) is 0. The summed E-state index contributed by atoms with van der Waals surface area (Å²) in [5.41, 5.74) is 1.94. The van der Waals surface area contributed by atoms with E-state index < -0.39 is 0 Å². The molecule has 1 fully saturated rings. The summed E-state index contributed by atoms with van der Waals surface area (Å²) >= 11 is 0. The van der Waals surface area contributed by atoms with Crippen molar-refractivity contribution in [1.82, 2.24) is 0 Å². The van der Waals surface area contributed by atoms with Crippen LogP contribution in [0, 0.1) is 56.2 Å². The van der Waals surface area contributed by atoms with Crippen LogP contribution in [0.25, 0.3) is 0 Å². The third-order valence-electron chi connectivity index (χ3n) is 11.8. The predicted octanol–water partition coefficient (Wildman–Crippen LogP) is 10.3. The molecule has 0 amide bonds. The fraction of sp³-hybridized carbons (Fsp3) is 1.00. The van der Waals surface area contributed by atoms with Gasteiger partial charge < -0.3 is 0 Å². The summed E-state index contributed by atoms with van der Waals surface area (Å²) < 4.78 is 0. The maximum Gasteiger partial charge on any atom is -0.0174 e. The monoisotopic (exact) mass is 420 g/mol. The lowest BCUT2D eigenvalue weighted by Crippen LogP contribution is -2.73. The van der Waals surface area contributed by atoms with E-state index in [2.05, 4.69) is 111 Å². The average molecular weight is 421 g/mol. The van der Waals surface area contributed by atoms with Gasteiger partial charge in [-0.1, -0.05) is 117 Å². The molecular weight excluding hydrogens is 360 g/mol. The van der Waals surface area contributed by atoms with Crippen LogP contribution in [-0.2, 0) is 0 Å². The third kappa shape index (κ3) is 3.73. The highest BCUT2D eigenvalue weighted by Gasteiger charge is 2.74. The molecule has 6 unspecified atom stereocenters. The summed E-state index contributed by atoms with van der Waals surface area (Å²) in [5, 5.41) is 0. The lowest BCUT2D eigenvalue weighted by molar-refractivity contribution is -0.309. The molecule has 0 aromatic rings. The Labute approximate surface area is 192 Å². The van der Waals surface area contributed by atoms with Crippen LogP contribution in [-0.4, -0.2) is 0 Å². The van der Waals surface area contributed by atoms with E-state index in [0.717, 1.165) is 11.8 Å². The van der Waals surface area contributed by atoms with Crippen LogP contribution in [0.2, 0.25) is 0 Å². The van der Waals surface area contributed by atoms with Gasteiger partial charge in [0.1, 0.15) is 0 Å². The van der Waals surface area contributed by atoms with Crippen LogP contribution in [0.4, 0.5) is 0 Å². The highest BCUT2D eigenvalue weighted by atomic mass is 14.8. The van der Waals surface area contributed by atoms with Crippen molar-refractivity contribution in [2.45, 2.75) is 136 Å². The van der Waals surface area contributed by atoms with Gasteiger partial charge in [-0.25, -0.2) is 0 Å². The van der Waals surface area contributed by atoms with Gasteiger partial charge in [-0.3, -0.25) is 0 Å². The quantitative estimate of drug-likeness (QED) is 0.348. The van der Waals surface area contributed by atoms with E-state index in [0.29, 0.717) is 33.5 Å². The summed E-state index contributed by atoms with van der Waals surface area (Å²) in [6.45, 7) is 40.7. The molecule has 0 nitrogen and oxygen atoms in total. The van der Waals surface area contributed by atoms with Gasteiger partial charge in [-0.05, 0) is 75.4 Å². The van der Waals surface area contributed by atoms with Gasteiger partial charge in [0, 0.05) is 0 Å². The van der Waals surface area contributed by atoms with Crippen molar-refractivity contribution < 1.29 is 0 Å². The first kappa shape index (κ1) is 28.0. The molecule has 0 spiro atoms. The first-order valence-corrected chi connectivity index (χ1v) is 13.2. The van der Waals surface area contributed by atoms with Gasteiger partial charge in [0.2, 0.25) is 0 Å². The van der Waals surface area contributed by atoms with Crippen LogP contribution in [0.15, 0.2) is 0 Å². The van der Waals surface area contributed by atoms with Gasteiger partial charge in [0.25, 0.3) is 0 Å². The Kier molecular flexibility index (Phi) is 7.86. The minimum Gasteiger partial charge on any atom is -0.0651 e. The fourth-order valence-corrected chi connectivity index (χ4v) is 8.90. The Hall–Kier alpha value is 0. The van der Waals surface area contributed by atoms with Gasteiger partial charge in [0.05, 0.1) is 0 Å². The van der Waals surface area contributed by atoms with E-state index >= 15 is 0 Å². The zero-order chi connectivity index (χ0) is 24.1. The molecule has 0 bridgehead atoms. The standard InChI is InChI=1S/C30H60/c1-17-22(5)24(7)29(16,27(13,14)21(3)4)30(18-2)19-23(6)28(30,15)26(11,12)20-25(8,9)10/h21-24H,17-20H2,1-16H3. The summed E-state index contributed by atoms with van der Waals surface area (Å²) in [5.74, 6) is 2.91. The van der Waals surface area contributed by atoms with Crippen molar-refractivity contribution in [2.24, 2.45) is 56.2 Å². The maximum absolute atomic E-state index is 2.73. The Balaban J connectivity index is 3.87. The summed E-state index contributed by atoms with van der Waals surface area (Å²) in [4.78, 5) is 0. The van der Waals surface area contributed by atoms with Gasteiger partial charge in [0.15, 0.2) is 0 Å². The van der Waals surface area contributed by atoms with Crippen LogP contribution >= 0.6 is 0 Å². The van der Waals surface area contributed by atoms with Gasteiger partial charge >= 0.3 is 0 Å². The Bertz CT molecular complexity index is 573.